The molecule has 0 aromatic heterocycles. The smallest absolute Gasteiger partial charge is 0.121 e. The van der Waals surface area contributed by atoms with Crippen LogP contribution in [-0.2, 0) is 6.61 Å². The molecule has 2 nitrogen and oxygen atoms in total. The number of phenols is 1. The summed E-state index contributed by atoms with van der Waals surface area (Å²) in [5.74, 6) is 0.165. The number of aliphatic hydroxyl groups is 1. The third-order valence-corrected chi connectivity index (χ3v) is 2.62. The van der Waals surface area contributed by atoms with Gasteiger partial charge in [0, 0.05) is 5.56 Å². The monoisotopic (exact) mass is 220 g/mol. The van der Waals surface area contributed by atoms with E-state index in [1.165, 1.54) is 19.3 Å². The van der Waals surface area contributed by atoms with E-state index in [-0.39, 0.29) is 12.4 Å². The molecule has 0 aliphatic rings. The highest BCUT2D eigenvalue weighted by molar-refractivity contribution is 5.57. The first kappa shape index (κ1) is 12.8. The van der Waals surface area contributed by atoms with Crippen LogP contribution in [0.5, 0.6) is 5.75 Å². The zero-order valence-electron chi connectivity index (χ0n) is 9.82. The van der Waals surface area contributed by atoms with Crippen molar-refractivity contribution >= 4 is 6.08 Å². The third-order valence-electron chi connectivity index (χ3n) is 2.62. The molecule has 0 radical (unpaired) electrons. The number of rotatable bonds is 6. The molecule has 0 aliphatic heterocycles. The molecular weight excluding hydrogens is 200 g/mol. The molecule has 0 amide bonds. The summed E-state index contributed by atoms with van der Waals surface area (Å²) in [6.45, 7) is 2.06. The van der Waals surface area contributed by atoms with E-state index in [9.17, 15) is 5.11 Å². The fraction of sp³-hybridized carbons (Fsp3) is 0.429. The van der Waals surface area contributed by atoms with Crippen molar-refractivity contribution in [2.24, 2.45) is 0 Å². The molecule has 0 aliphatic carbocycles. The highest BCUT2D eigenvalue weighted by Gasteiger charge is 2.02. The topological polar surface area (TPSA) is 40.5 Å². The first-order valence-electron chi connectivity index (χ1n) is 5.87. The maximum Gasteiger partial charge on any atom is 0.121 e. The van der Waals surface area contributed by atoms with Crippen LogP contribution >= 0.6 is 0 Å². The fourth-order valence-electron chi connectivity index (χ4n) is 1.64. The van der Waals surface area contributed by atoms with Crippen molar-refractivity contribution in [3.8, 4) is 5.75 Å². The molecule has 0 atom stereocenters. The molecule has 88 valence electrons. The van der Waals surface area contributed by atoms with Gasteiger partial charge >= 0.3 is 0 Å². The quantitative estimate of drug-likeness (QED) is 0.720. The largest absolute Gasteiger partial charge is 0.508 e. The van der Waals surface area contributed by atoms with Crippen molar-refractivity contribution in [2.75, 3.05) is 0 Å². The lowest BCUT2D eigenvalue weighted by molar-refractivity contribution is 0.275. The van der Waals surface area contributed by atoms with Gasteiger partial charge in [-0.1, -0.05) is 44.1 Å². The number of allylic oxidation sites excluding steroid dienone is 1. The van der Waals surface area contributed by atoms with Gasteiger partial charge in [0.15, 0.2) is 0 Å². The molecule has 0 bridgehead atoms. The van der Waals surface area contributed by atoms with Crippen LogP contribution in [0.1, 0.15) is 43.7 Å². The first-order chi connectivity index (χ1) is 7.79. The molecule has 2 heteroatoms. The second kappa shape index (κ2) is 7.07. The van der Waals surface area contributed by atoms with Crippen molar-refractivity contribution in [3.63, 3.8) is 0 Å². The Kier molecular flexibility index (Phi) is 5.65. The van der Waals surface area contributed by atoms with E-state index in [0.717, 1.165) is 12.0 Å². The van der Waals surface area contributed by atoms with E-state index >= 15 is 0 Å². The average molecular weight is 220 g/mol. The standard InChI is InChI=1S/C14H20O2/c1-2-3-4-5-6-8-12-9-7-10-14(16)13(12)11-15/h6-10,15-16H,2-5,11H2,1H3. The molecule has 1 rings (SSSR count). The Morgan fingerprint density at radius 2 is 2.06 bits per heavy atom. The van der Waals surface area contributed by atoms with Crippen molar-refractivity contribution in [1.82, 2.24) is 0 Å². The van der Waals surface area contributed by atoms with E-state index in [4.69, 9.17) is 5.11 Å². The Morgan fingerprint density at radius 3 is 2.75 bits per heavy atom. The van der Waals surface area contributed by atoms with Crippen LogP contribution < -0.4 is 0 Å². The molecular formula is C14H20O2. The fourth-order valence-corrected chi connectivity index (χ4v) is 1.64. The van der Waals surface area contributed by atoms with Crippen LogP contribution in [0.2, 0.25) is 0 Å². The van der Waals surface area contributed by atoms with Crippen LogP contribution in [0, 0.1) is 0 Å². The molecule has 0 saturated carbocycles. The number of aliphatic hydroxyl groups excluding tert-OH is 1. The molecule has 0 saturated heterocycles. The summed E-state index contributed by atoms with van der Waals surface area (Å²) in [6.07, 6.45) is 8.79. The van der Waals surface area contributed by atoms with Crippen LogP contribution in [-0.4, -0.2) is 10.2 Å². The van der Waals surface area contributed by atoms with Gasteiger partial charge in [0.25, 0.3) is 0 Å². The number of hydrogen-bond donors (Lipinski definition) is 2. The van der Waals surface area contributed by atoms with Gasteiger partial charge in [-0.2, -0.15) is 0 Å². The van der Waals surface area contributed by atoms with E-state index in [1.807, 2.05) is 12.1 Å². The summed E-state index contributed by atoms with van der Waals surface area (Å²) >= 11 is 0. The lowest BCUT2D eigenvalue weighted by Gasteiger charge is -2.04. The van der Waals surface area contributed by atoms with Crippen molar-refractivity contribution < 1.29 is 10.2 Å². The molecule has 1 aromatic carbocycles. The van der Waals surface area contributed by atoms with Gasteiger partial charge in [-0.15, -0.1) is 0 Å². The predicted molar refractivity (Wildman–Crippen MR) is 67.2 cm³/mol. The SMILES string of the molecule is CCCCCC=Cc1cccc(O)c1CO. The Labute approximate surface area is 97.2 Å². The second-order valence-corrected chi connectivity index (χ2v) is 3.90. The molecule has 0 fully saturated rings. The first-order valence-corrected chi connectivity index (χ1v) is 5.87. The summed E-state index contributed by atoms with van der Waals surface area (Å²) < 4.78 is 0. The Morgan fingerprint density at radius 1 is 1.25 bits per heavy atom. The number of unbranched alkanes of at least 4 members (excludes halogenated alkanes) is 3. The Bertz CT molecular complexity index is 343. The van der Waals surface area contributed by atoms with Gasteiger partial charge in [-0.05, 0) is 24.5 Å². The van der Waals surface area contributed by atoms with Crippen molar-refractivity contribution in [1.29, 1.82) is 0 Å². The van der Waals surface area contributed by atoms with Crippen LogP contribution in [0.3, 0.4) is 0 Å². The number of benzene rings is 1. The van der Waals surface area contributed by atoms with Gasteiger partial charge < -0.3 is 10.2 Å². The summed E-state index contributed by atoms with van der Waals surface area (Å²) in [4.78, 5) is 0. The maximum atomic E-state index is 9.54. The van der Waals surface area contributed by atoms with Crippen LogP contribution in [0.25, 0.3) is 6.08 Å². The second-order valence-electron chi connectivity index (χ2n) is 3.90. The summed E-state index contributed by atoms with van der Waals surface area (Å²) in [7, 11) is 0. The van der Waals surface area contributed by atoms with E-state index in [2.05, 4.69) is 13.0 Å². The number of aromatic hydroxyl groups is 1. The predicted octanol–water partition coefficient (Wildman–Crippen LogP) is 3.48. The maximum absolute atomic E-state index is 9.54. The molecule has 16 heavy (non-hydrogen) atoms. The molecule has 0 unspecified atom stereocenters. The number of hydrogen-bond acceptors (Lipinski definition) is 2. The van der Waals surface area contributed by atoms with Gasteiger partial charge in [0.2, 0.25) is 0 Å². The molecule has 1 aromatic rings. The third kappa shape index (κ3) is 3.70. The van der Waals surface area contributed by atoms with Gasteiger partial charge in [-0.3, -0.25) is 0 Å². The average Bonchev–Trinajstić information content (AvgIpc) is 2.29. The normalized spacial score (nSPS) is 11.1. The minimum Gasteiger partial charge on any atom is -0.508 e. The lowest BCUT2D eigenvalue weighted by Crippen LogP contribution is -1.88. The van der Waals surface area contributed by atoms with Crippen molar-refractivity contribution in [3.05, 3.63) is 35.4 Å². The van der Waals surface area contributed by atoms with Gasteiger partial charge in [0.1, 0.15) is 5.75 Å². The summed E-state index contributed by atoms with van der Waals surface area (Å²) in [6, 6.07) is 5.29. The summed E-state index contributed by atoms with van der Waals surface area (Å²) in [5.41, 5.74) is 1.51. The highest BCUT2D eigenvalue weighted by atomic mass is 16.3. The van der Waals surface area contributed by atoms with Crippen LogP contribution in [0.4, 0.5) is 0 Å². The van der Waals surface area contributed by atoms with Gasteiger partial charge in [-0.25, -0.2) is 0 Å². The molecule has 2 N–H and O–H groups in total. The van der Waals surface area contributed by atoms with E-state index in [1.54, 1.807) is 12.1 Å². The zero-order chi connectivity index (χ0) is 11.8. The Balaban J connectivity index is 2.62. The minimum atomic E-state index is -0.124. The lowest BCUT2D eigenvalue weighted by atomic mass is 10.1. The minimum absolute atomic E-state index is 0.124. The van der Waals surface area contributed by atoms with E-state index < -0.39 is 0 Å². The van der Waals surface area contributed by atoms with E-state index in [0.29, 0.717) is 5.56 Å². The molecule has 0 spiro atoms. The Hall–Kier alpha value is -1.28. The zero-order valence-corrected chi connectivity index (χ0v) is 9.82. The van der Waals surface area contributed by atoms with Crippen molar-refractivity contribution in [2.45, 2.75) is 39.2 Å². The highest BCUT2D eigenvalue weighted by Crippen LogP contribution is 2.22. The molecule has 0 heterocycles. The van der Waals surface area contributed by atoms with Gasteiger partial charge in [0.05, 0.1) is 6.61 Å². The summed E-state index contributed by atoms with van der Waals surface area (Å²) in [5, 5.41) is 18.7. The van der Waals surface area contributed by atoms with Crippen LogP contribution in [0.15, 0.2) is 24.3 Å².